The van der Waals surface area contributed by atoms with Crippen molar-refractivity contribution in [2.45, 2.75) is 12.8 Å². The highest BCUT2D eigenvalue weighted by Crippen LogP contribution is 2.49. The summed E-state index contributed by atoms with van der Waals surface area (Å²) in [4.78, 5) is 14.1. The van der Waals surface area contributed by atoms with Crippen LogP contribution in [0.1, 0.15) is 22.3 Å². The fourth-order valence-corrected chi connectivity index (χ4v) is 6.60. The fourth-order valence-electron chi connectivity index (χ4n) is 6.60. The zero-order chi connectivity index (χ0) is 22.7. The Labute approximate surface area is 200 Å². The van der Waals surface area contributed by atoms with E-state index in [0.717, 1.165) is 40.6 Å². The standard InChI is InChI=1S/C31H18N4/c1-2-5-18-17(4-1)14-23-19(18)7-8-20-21-9-10-22-29(25(21)15-24(20)23)26-16-32-13-11-27(26)35-28-6-3-12-33-30(28)34-31(22)35/h1-13,16H,14-15H2. The molecule has 4 heterocycles. The molecule has 0 unspecified atom stereocenters. The van der Waals surface area contributed by atoms with E-state index >= 15 is 0 Å². The average Bonchev–Trinajstić information content (AvgIpc) is 3.59. The Kier molecular flexibility index (Phi) is 3.11. The Balaban J connectivity index is 1.39. The molecule has 0 amide bonds. The predicted octanol–water partition coefficient (Wildman–Crippen LogP) is 6.73. The van der Waals surface area contributed by atoms with Gasteiger partial charge in [0.1, 0.15) is 5.65 Å². The number of rotatable bonds is 0. The van der Waals surface area contributed by atoms with Gasteiger partial charge >= 0.3 is 0 Å². The van der Waals surface area contributed by atoms with Gasteiger partial charge in [-0.3, -0.25) is 9.38 Å². The first kappa shape index (κ1) is 17.8. The van der Waals surface area contributed by atoms with Crippen molar-refractivity contribution in [2.75, 3.05) is 0 Å². The predicted molar refractivity (Wildman–Crippen MR) is 140 cm³/mol. The van der Waals surface area contributed by atoms with Crippen molar-refractivity contribution in [3.63, 3.8) is 0 Å². The second-order valence-electron chi connectivity index (χ2n) is 9.65. The van der Waals surface area contributed by atoms with Gasteiger partial charge in [0.05, 0.1) is 11.0 Å². The molecule has 7 aromatic rings. The zero-order valence-corrected chi connectivity index (χ0v) is 18.8. The first-order valence-electron chi connectivity index (χ1n) is 12.0. The van der Waals surface area contributed by atoms with Crippen LogP contribution in [0.4, 0.5) is 0 Å². The highest BCUT2D eigenvalue weighted by molar-refractivity contribution is 6.17. The van der Waals surface area contributed by atoms with Crippen LogP contribution < -0.4 is 0 Å². The summed E-state index contributed by atoms with van der Waals surface area (Å²) < 4.78 is 2.24. The van der Waals surface area contributed by atoms with Crippen LogP contribution in [0.25, 0.3) is 60.7 Å². The molecule has 35 heavy (non-hydrogen) atoms. The van der Waals surface area contributed by atoms with Crippen molar-refractivity contribution in [3.8, 4) is 22.3 Å². The lowest BCUT2D eigenvalue weighted by molar-refractivity contribution is 1.17. The Morgan fingerprint density at radius 3 is 2.43 bits per heavy atom. The molecule has 0 saturated carbocycles. The van der Waals surface area contributed by atoms with Gasteiger partial charge in [0.2, 0.25) is 0 Å². The van der Waals surface area contributed by atoms with Crippen molar-refractivity contribution < 1.29 is 0 Å². The third-order valence-electron chi connectivity index (χ3n) is 8.04. The summed E-state index contributed by atoms with van der Waals surface area (Å²) in [5.74, 6) is 0. The summed E-state index contributed by atoms with van der Waals surface area (Å²) in [5, 5.41) is 3.60. The first-order chi connectivity index (χ1) is 17.4. The van der Waals surface area contributed by atoms with E-state index in [1.165, 1.54) is 55.3 Å². The van der Waals surface area contributed by atoms with E-state index in [2.05, 4.69) is 75.0 Å². The third-order valence-corrected chi connectivity index (χ3v) is 8.04. The Bertz CT molecular complexity index is 2070. The summed E-state index contributed by atoms with van der Waals surface area (Å²) in [6, 6.07) is 24.2. The van der Waals surface area contributed by atoms with Gasteiger partial charge in [0.25, 0.3) is 0 Å². The molecule has 0 bridgehead atoms. The minimum atomic E-state index is 0.775. The minimum Gasteiger partial charge on any atom is -0.290 e. The molecule has 4 nitrogen and oxygen atoms in total. The monoisotopic (exact) mass is 446 g/mol. The molecule has 2 aliphatic carbocycles. The van der Waals surface area contributed by atoms with E-state index in [-0.39, 0.29) is 0 Å². The summed E-state index contributed by atoms with van der Waals surface area (Å²) >= 11 is 0. The number of imidazole rings is 1. The molecule has 0 spiro atoms. The normalized spacial score (nSPS) is 13.5. The van der Waals surface area contributed by atoms with Crippen molar-refractivity contribution in [1.29, 1.82) is 0 Å². The summed E-state index contributed by atoms with van der Waals surface area (Å²) in [6.07, 6.45) is 7.66. The van der Waals surface area contributed by atoms with Crippen LogP contribution in [0, 0.1) is 0 Å². The topological polar surface area (TPSA) is 43.1 Å². The second kappa shape index (κ2) is 6.10. The van der Waals surface area contributed by atoms with Gasteiger partial charge in [-0.05, 0) is 81.6 Å². The lowest BCUT2D eigenvalue weighted by Crippen LogP contribution is -1.95. The van der Waals surface area contributed by atoms with Crippen molar-refractivity contribution >= 4 is 38.5 Å². The van der Waals surface area contributed by atoms with Crippen LogP contribution in [-0.4, -0.2) is 19.4 Å². The number of pyridine rings is 3. The molecular weight excluding hydrogens is 428 g/mol. The Hall–Kier alpha value is -4.57. The van der Waals surface area contributed by atoms with Crippen LogP contribution in [-0.2, 0) is 12.8 Å². The van der Waals surface area contributed by atoms with Gasteiger partial charge in [-0.2, -0.15) is 0 Å². The molecule has 9 rings (SSSR count). The lowest BCUT2D eigenvalue weighted by Gasteiger charge is -2.12. The molecule has 4 heteroatoms. The molecule has 0 N–H and O–H groups in total. The summed E-state index contributed by atoms with van der Waals surface area (Å²) in [7, 11) is 0. The van der Waals surface area contributed by atoms with Gasteiger partial charge in [0.15, 0.2) is 5.65 Å². The zero-order valence-electron chi connectivity index (χ0n) is 18.8. The molecule has 0 aliphatic heterocycles. The highest BCUT2D eigenvalue weighted by atomic mass is 15.1. The number of nitrogens with zero attached hydrogens (tertiary/aromatic N) is 4. The quantitative estimate of drug-likeness (QED) is 0.243. The molecule has 0 fully saturated rings. The van der Waals surface area contributed by atoms with Crippen molar-refractivity contribution in [1.82, 2.24) is 19.4 Å². The van der Waals surface area contributed by atoms with Gasteiger partial charge in [-0.1, -0.05) is 42.5 Å². The van der Waals surface area contributed by atoms with Gasteiger partial charge in [-0.25, -0.2) is 9.97 Å². The number of hydrogen-bond donors (Lipinski definition) is 0. The molecule has 0 saturated heterocycles. The van der Waals surface area contributed by atoms with E-state index in [9.17, 15) is 0 Å². The van der Waals surface area contributed by atoms with E-state index in [1.807, 2.05) is 24.7 Å². The maximum absolute atomic E-state index is 4.98. The Morgan fingerprint density at radius 1 is 0.629 bits per heavy atom. The summed E-state index contributed by atoms with van der Waals surface area (Å²) in [5.41, 5.74) is 15.2. The van der Waals surface area contributed by atoms with Gasteiger partial charge in [-0.15, -0.1) is 0 Å². The van der Waals surface area contributed by atoms with Gasteiger partial charge in [0, 0.05) is 34.7 Å². The van der Waals surface area contributed by atoms with E-state index in [0.29, 0.717) is 0 Å². The van der Waals surface area contributed by atoms with Crippen LogP contribution in [0.5, 0.6) is 0 Å². The molecule has 0 radical (unpaired) electrons. The maximum Gasteiger partial charge on any atom is 0.178 e. The lowest BCUT2D eigenvalue weighted by atomic mass is 9.96. The molecular formula is C31H18N4. The van der Waals surface area contributed by atoms with E-state index < -0.39 is 0 Å². The van der Waals surface area contributed by atoms with Crippen molar-refractivity contribution in [2.24, 2.45) is 0 Å². The summed E-state index contributed by atoms with van der Waals surface area (Å²) in [6.45, 7) is 0. The average molecular weight is 447 g/mol. The van der Waals surface area contributed by atoms with E-state index in [1.54, 1.807) is 0 Å². The maximum atomic E-state index is 4.98. The smallest absolute Gasteiger partial charge is 0.178 e. The second-order valence-corrected chi connectivity index (χ2v) is 9.65. The molecule has 4 aromatic heterocycles. The number of fused-ring (bicyclic) bond motifs is 16. The molecule has 3 aromatic carbocycles. The van der Waals surface area contributed by atoms with Crippen LogP contribution in [0.3, 0.4) is 0 Å². The molecule has 2 aliphatic rings. The SMILES string of the molecule is c1ccc2c(c1)Cc1c-2ccc2c1Cc1c-2ccc2c1c1cnccc1n1c3cccnc3nc21. The fraction of sp³-hybridized carbons (Fsp3) is 0.0645. The highest BCUT2D eigenvalue weighted by Gasteiger charge is 2.30. The first-order valence-corrected chi connectivity index (χ1v) is 12.0. The number of benzene rings is 3. The Morgan fingerprint density at radius 2 is 1.46 bits per heavy atom. The minimum absolute atomic E-state index is 0.775. The van der Waals surface area contributed by atoms with Crippen LogP contribution >= 0.6 is 0 Å². The number of hydrogen-bond acceptors (Lipinski definition) is 3. The van der Waals surface area contributed by atoms with Crippen molar-refractivity contribution in [3.05, 3.63) is 108 Å². The van der Waals surface area contributed by atoms with Gasteiger partial charge < -0.3 is 0 Å². The largest absolute Gasteiger partial charge is 0.290 e. The van der Waals surface area contributed by atoms with E-state index in [4.69, 9.17) is 4.98 Å². The van der Waals surface area contributed by atoms with Crippen LogP contribution in [0.2, 0.25) is 0 Å². The molecule has 0 atom stereocenters. The molecule has 162 valence electrons. The third kappa shape index (κ3) is 2.11. The van der Waals surface area contributed by atoms with Crippen LogP contribution in [0.15, 0.2) is 85.3 Å². The number of aromatic nitrogens is 4.